The Hall–Kier alpha value is -0.970. The summed E-state index contributed by atoms with van der Waals surface area (Å²) in [6, 6.07) is 3.75. The highest BCUT2D eigenvalue weighted by Gasteiger charge is 2.12. The van der Waals surface area contributed by atoms with Crippen molar-refractivity contribution in [3.63, 3.8) is 0 Å². The summed E-state index contributed by atoms with van der Waals surface area (Å²) in [5.74, 6) is 1.42. The summed E-state index contributed by atoms with van der Waals surface area (Å²) in [5.41, 5.74) is 0.988. The first-order valence-corrected chi connectivity index (χ1v) is 7.27. The molecule has 114 valence electrons. The summed E-state index contributed by atoms with van der Waals surface area (Å²) in [7, 11) is 1.68. The monoisotopic (exact) mass is 301 g/mol. The van der Waals surface area contributed by atoms with E-state index in [1.807, 2.05) is 32.9 Å². The van der Waals surface area contributed by atoms with Crippen LogP contribution in [0, 0.1) is 0 Å². The van der Waals surface area contributed by atoms with Gasteiger partial charge in [0.1, 0.15) is 0 Å². The van der Waals surface area contributed by atoms with Crippen molar-refractivity contribution >= 4 is 11.6 Å². The zero-order valence-corrected chi connectivity index (χ0v) is 13.4. The van der Waals surface area contributed by atoms with Gasteiger partial charge < -0.3 is 19.5 Å². The van der Waals surface area contributed by atoms with Crippen LogP contribution in [0.5, 0.6) is 11.5 Å². The lowest BCUT2D eigenvalue weighted by molar-refractivity contribution is 0.199. The van der Waals surface area contributed by atoms with Gasteiger partial charge in [0.15, 0.2) is 11.5 Å². The fourth-order valence-corrected chi connectivity index (χ4v) is 1.94. The third-order valence-electron chi connectivity index (χ3n) is 2.57. The maximum atomic E-state index is 6.29. The highest BCUT2D eigenvalue weighted by Crippen LogP contribution is 2.34. The number of hydrogen-bond donors (Lipinski definition) is 1. The molecule has 0 fully saturated rings. The van der Waals surface area contributed by atoms with Gasteiger partial charge in [-0.1, -0.05) is 11.6 Å². The summed E-state index contributed by atoms with van der Waals surface area (Å²) < 4.78 is 16.3. The first-order valence-electron chi connectivity index (χ1n) is 6.90. The molecule has 0 aliphatic carbocycles. The molecule has 4 nitrogen and oxygen atoms in total. The Balaban J connectivity index is 2.82. The summed E-state index contributed by atoms with van der Waals surface area (Å²) in [6.07, 6.45) is 0.0796. The molecule has 5 heteroatoms. The van der Waals surface area contributed by atoms with Crippen LogP contribution in [0.15, 0.2) is 12.1 Å². The molecular weight excluding hydrogens is 278 g/mol. The second-order valence-corrected chi connectivity index (χ2v) is 5.07. The van der Waals surface area contributed by atoms with E-state index in [0.717, 1.165) is 17.9 Å². The number of nitrogens with one attached hydrogen (secondary N) is 1. The number of methoxy groups -OCH3 is 1. The molecule has 0 saturated heterocycles. The van der Waals surface area contributed by atoms with E-state index < -0.39 is 0 Å². The Bertz CT molecular complexity index is 410. The standard InChI is InChI=1S/C15H24ClNO3/c1-5-19-14-8-12(10-17-6-7-18-4)13(16)9-15(14)20-11(2)3/h8-9,11,17H,5-7,10H2,1-4H3. The maximum absolute atomic E-state index is 6.29. The third-order valence-corrected chi connectivity index (χ3v) is 2.93. The van der Waals surface area contributed by atoms with Crippen LogP contribution in [0.2, 0.25) is 5.02 Å². The van der Waals surface area contributed by atoms with Crippen LogP contribution in [0.4, 0.5) is 0 Å². The van der Waals surface area contributed by atoms with E-state index >= 15 is 0 Å². The van der Waals surface area contributed by atoms with Crippen LogP contribution in [-0.4, -0.2) is 33.0 Å². The van der Waals surface area contributed by atoms with Gasteiger partial charge in [-0.25, -0.2) is 0 Å². The Morgan fingerprint density at radius 1 is 1.25 bits per heavy atom. The zero-order valence-electron chi connectivity index (χ0n) is 12.7. The van der Waals surface area contributed by atoms with Gasteiger partial charge in [-0.05, 0) is 32.4 Å². The molecule has 20 heavy (non-hydrogen) atoms. The van der Waals surface area contributed by atoms with Gasteiger partial charge in [0.05, 0.1) is 19.3 Å². The minimum atomic E-state index is 0.0796. The predicted octanol–water partition coefficient (Wildman–Crippen LogP) is 3.26. The molecule has 0 amide bonds. The summed E-state index contributed by atoms with van der Waals surface area (Å²) in [4.78, 5) is 0. The number of ether oxygens (including phenoxy) is 3. The quantitative estimate of drug-likeness (QED) is 0.711. The summed E-state index contributed by atoms with van der Waals surface area (Å²) >= 11 is 6.29. The molecule has 0 atom stereocenters. The second-order valence-electron chi connectivity index (χ2n) is 4.66. The van der Waals surface area contributed by atoms with Gasteiger partial charge in [-0.3, -0.25) is 0 Å². The van der Waals surface area contributed by atoms with Crippen LogP contribution in [-0.2, 0) is 11.3 Å². The normalized spacial score (nSPS) is 10.9. The summed E-state index contributed by atoms with van der Waals surface area (Å²) in [5, 5.41) is 3.94. The first-order chi connectivity index (χ1) is 9.58. The topological polar surface area (TPSA) is 39.7 Å². The van der Waals surface area contributed by atoms with E-state index in [1.165, 1.54) is 0 Å². The maximum Gasteiger partial charge on any atom is 0.163 e. The average Bonchev–Trinajstić information content (AvgIpc) is 2.38. The van der Waals surface area contributed by atoms with E-state index in [0.29, 0.717) is 30.5 Å². The molecular formula is C15H24ClNO3. The van der Waals surface area contributed by atoms with Crippen molar-refractivity contribution in [1.29, 1.82) is 0 Å². The number of rotatable bonds is 9. The second kappa shape index (κ2) is 9.06. The van der Waals surface area contributed by atoms with Gasteiger partial charge in [-0.2, -0.15) is 0 Å². The van der Waals surface area contributed by atoms with Gasteiger partial charge in [0, 0.05) is 31.3 Å². The van der Waals surface area contributed by atoms with E-state index in [4.69, 9.17) is 25.8 Å². The largest absolute Gasteiger partial charge is 0.490 e. The first kappa shape index (κ1) is 17.1. The molecule has 1 rings (SSSR count). The van der Waals surface area contributed by atoms with Gasteiger partial charge in [-0.15, -0.1) is 0 Å². The van der Waals surface area contributed by atoms with Crippen molar-refractivity contribution in [2.24, 2.45) is 0 Å². The Morgan fingerprint density at radius 2 is 2.00 bits per heavy atom. The fraction of sp³-hybridized carbons (Fsp3) is 0.600. The number of halogens is 1. The smallest absolute Gasteiger partial charge is 0.163 e. The van der Waals surface area contributed by atoms with Crippen molar-refractivity contribution in [2.45, 2.75) is 33.4 Å². The highest BCUT2D eigenvalue weighted by atomic mass is 35.5. The number of benzene rings is 1. The molecule has 0 aliphatic heterocycles. The van der Waals surface area contributed by atoms with Crippen molar-refractivity contribution in [3.05, 3.63) is 22.7 Å². The van der Waals surface area contributed by atoms with Crippen LogP contribution < -0.4 is 14.8 Å². The Morgan fingerprint density at radius 3 is 2.60 bits per heavy atom. The van der Waals surface area contributed by atoms with Crippen LogP contribution >= 0.6 is 11.6 Å². The lowest BCUT2D eigenvalue weighted by Gasteiger charge is -2.17. The van der Waals surface area contributed by atoms with E-state index in [-0.39, 0.29) is 6.10 Å². The molecule has 0 heterocycles. The average molecular weight is 302 g/mol. The lowest BCUT2D eigenvalue weighted by Crippen LogP contribution is -2.19. The SMILES string of the molecule is CCOc1cc(CNCCOC)c(Cl)cc1OC(C)C. The molecule has 0 spiro atoms. The molecule has 0 aliphatic rings. The predicted molar refractivity (Wildman–Crippen MR) is 82.0 cm³/mol. The fourth-order valence-electron chi connectivity index (χ4n) is 1.72. The van der Waals surface area contributed by atoms with E-state index in [2.05, 4.69) is 5.32 Å². The van der Waals surface area contributed by atoms with Crippen molar-refractivity contribution < 1.29 is 14.2 Å². The number of hydrogen-bond acceptors (Lipinski definition) is 4. The molecule has 0 unspecified atom stereocenters. The molecule has 0 aromatic heterocycles. The third kappa shape index (κ3) is 5.57. The minimum absolute atomic E-state index is 0.0796. The van der Waals surface area contributed by atoms with Crippen molar-refractivity contribution in [3.8, 4) is 11.5 Å². The molecule has 1 aromatic carbocycles. The van der Waals surface area contributed by atoms with Crippen LogP contribution in [0.3, 0.4) is 0 Å². The van der Waals surface area contributed by atoms with Gasteiger partial charge in [0.25, 0.3) is 0 Å². The van der Waals surface area contributed by atoms with Crippen molar-refractivity contribution in [1.82, 2.24) is 5.32 Å². The summed E-state index contributed by atoms with van der Waals surface area (Å²) in [6.45, 7) is 8.61. The van der Waals surface area contributed by atoms with Crippen LogP contribution in [0.1, 0.15) is 26.3 Å². The van der Waals surface area contributed by atoms with E-state index in [1.54, 1.807) is 7.11 Å². The van der Waals surface area contributed by atoms with Gasteiger partial charge in [0.2, 0.25) is 0 Å². The zero-order chi connectivity index (χ0) is 15.0. The molecule has 0 saturated carbocycles. The van der Waals surface area contributed by atoms with Crippen molar-refractivity contribution in [2.75, 3.05) is 26.9 Å². The molecule has 0 radical (unpaired) electrons. The minimum Gasteiger partial charge on any atom is -0.490 e. The lowest BCUT2D eigenvalue weighted by atomic mass is 10.2. The van der Waals surface area contributed by atoms with E-state index in [9.17, 15) is 0 Å². The molecule has 0 bridgehead atoms. The highest BCUT2D eigenvalue weighted by molar-refractivity contribution is 6.31. The Kier molecular flexibility index (Phi) is 7.73. The molecule has 1 N–H and O–H groups in total. The van der Waals surface area contributed by atoms with Gasteiger partial charge >= 0.3 is 0 Å². The van der Waals surface area contributed by atoms with Crippen LogP contribution in [0.25, 0.3) is 0 Å². The molecule has 1 aromatic rings. The Labute approximate surface area is 126 Å².